The SMILES string of the molecule is CC(C)[CH]C(=O)N[C@@H](Cc1cccc(F)c1)C(N)=O. The molecular weight excluding hydrogens is 247 g/mol. The minimum Gasteiger partial charge on any atom is -0.368 e. The lowest BCUT2D eigenvalue weighted by Gasteiger charge is -2.16. The summed E-state index contributed by atoms with van der Waals surface area (Å²) in [6, 6.07) is 5.01. The topological polar surface area (TPSA) is 72.2 Å². The summed E-state index contributed by atoms with van der Waals surface area (Å²) in [7, 11) is 0. The van der Waals surface area contributed by atoms with Gasteiger partial charge in [-0.2, -0.15) is 0 Å². The molecule has 0 aromatic heterocycles. The van der Waals surface area contributed by atoms with Crippen molar-refractivity contribution in [3.63, 3.8) is 0 Å². The van der Waals surface area contributed by atoms with Crippen molar-refractivity contribution in [1.82, 2.24) is 5.32 Å². The van der Waals surface area contributed by atoms with E-state index in [-0.39, 0.29) is 24.1 Å². The van der Waals surface area contributed by atoms with Gasteiger partial charge in [0.25, 0.3) is 0 Å². The minimum absolute atomic E-state index is 0.0719. The van der Waals surface area contributed by atoms with Crippen molar-refractivity contribution in [2.75, 3.05) is 0 Å². The second-order valence-electron chi connectivity index (χ2n) is 4.71. The third-order valence-corrected chi connectivity index (χ3v) is 2.47. The maximum absolute atomic E-state index is 13.0. The summed E-state index contributed by atoms with van der Waals surface area (Å²) in [4.78, 5) is 22.9. The molecule has 2 amide bonds. The lowest BCUT2D eigenvalue weighted by molar-refractivity contribution is -0.125. The predicted octanol–water partition coefficient (Wildman–Crippen LogP) is 1.20. The first-order chi connectivity index (χ1) is 8.88. The molecule has 0 bridgehead atoms. The molecule has 4 nitrogen and oxygen atoms in total. The molecule has 19 heavy (non-hydrogen) atoms. The van der Waals surface area contributed by atoms with E-state index in [1.807, 2.05) is 13.8 Å². The number of carbonyl (C=O) groups is 2. The second kappa shape index (κ2) is 6.87. The van der Waals surface area contributed by atoms with Crippen LogP contribution in [0.4, 0.5) is 4.39 Å². The van der Waals surface area contributed by atoms with Crippen LogP contribution in [0.1, 0.15) is 19.4 Å². The zero-order chi connectivity index (χ0) is 14.4. The third-order valence-electron chi connectivity index (χ3n) is 2.47. The van der Waals surface area contributed by atoms with Crippen LogP contribution in [0.15, 0.2) is 24.3 Å². The van der Waals surface area contributed by atoms with E-state index in [0.29, 0.717) is 5.56 Å². The maximum Gasteiger partial charge on any atom is 0.240 e. The Bertz CT molecular complexity index is 461. The molecule has 0 spiro atoms. The Morgan fingerprint density at radius 1 is 1.42 bits per heavy atom. The molecule has 0 heterocycles. The van der Waals surface area contributed by atoms with E-state index in [4.69, 9.17) is 5.73 Å². The van der Waals surface area contributed by atoms with Gasteiger partial charge in [-0.3, -0.25) is 9.59 Å². The molecule has 1 atom stereocenters. The van der Waals surface area contributed by atoms with E-state index < -0.39 is 11.9 Å². The summed E-state index contributed by atoms with van der Waals surface area (Å²) in [5.41, 5.74) is 5.85. The number of benzene rings is 1. The van der Waals surface area contributed by atoms with Crippen molar-refractivity contribution in [3.8, 4) is 0 Å². The van der Waals surface area contributed by atoms with Gasteiger partial charge in [-0.25, -0.2) is 4.39 Å². The fourth-order valence-corrected chi connectivity index (χ4v) is 1.64. The van der Waals surface area contributed by atoms with E-state index in [0.717, 1.165) is 0 Å². The van der Waals surface area contributed by atoms with Crippen LogP contribution in [-0.2, 0) is 16.0 Å². The lowest BCUT2D eigenvalue weighted by atomic mass is 10.0. The zero-order valence-electron chi connectivity index (χ0n) is 11.0. The van der Waals surface area contributed by atoms with Crippen LogP contribution < -0.4 is 11.1 Å². The van der Waals surface area contributed by atoms with Crippen LogP contribution in [0.25, 0.3) is 0 Å². The smallest absolute Gasteiger partial charge is 0.240 e. The van der Waals surface area contributed by atoms with Crippen LogP contribution in [0.3, 0.4) is 0 Å². The quantitative estimate of drug-likeness (QED) is 0.811. The van der Waals surface area contributed by atoms with Crippen molar-refractivity contribution in [2.24, 2.45) is 11.7 Å². The van der Waals surface area contributed by atoms with Gasteiger partial charge in [0.05, 0.1) is 6.42 Å². The molecule has 1 aromatic rings. The summed E-state index contributed by atoms with van der Waals surface area (Å²) in [6.07, 6.45) is 1.63. The van der Waals surface area contributed by atoms with Gasteiger partial charge in [-0.15, -0.1) is 0 Å². The van der Waals surface area contributed by atoms with Gasteiger partial charge in [0.2, 0.25) is 11.8 Å². The standard InChI is InChI=1S/C14H18FN2O2/c1-9(2)6-13(18)17-12(14(16)19)8-10-4-3-5-11(15)7-10/h3-7,9,12H,8H2,1-2H3,(H2,16,19)(H,17,18)/t12-/m0/s1. The molecule has 103 valence electrons. The van der Waals surface area contributed by atoms with Crippen LogP contribution in [0.2, 0.25) is 0 Å². The molecule has 5 heteroatoms. The second-order valence-corrected chi connectivity index (χ2v) is 4.71. The zero-order valence-corrected chi connectivity index (χ0v) is 11.0. The van der Waals surface area contributed by atoms with Gasteiger partial charge in [0, 0.05) is 6.42 Å². The molecule has 1 aromatic carbocycles. The number of rotatable bonds is 6. The Morgan fingerprint density at radius 3 is 2.63 bits per heavy atom. The Hall–Kier alpha value is -1.91. The first-order valence-electron chi connectivity index (χ1n) is 6.07. The predicted molar refractivity (Wildman–Crippen MR) is 70.4 cm³/mol. The molecular formula is C14H18FN2O2. The van der Waals surface area contributed by atoms with Gasteiger partial charge in [0.15, 0.2) is 0 Å². The van der Waals surface area contributed by atoms with E-state index in [1.165, 1.54) is 18.6 Å². The average molecular weight is 265 g/mol. The van der Waals surface area contributed by atoms with Gasteiger partial charge in [-0.1, -0.05) is 26.0 Å². The van der Waals surface area contributed by atoms with E-state index in [1.54, 1.807) is 12.1 Å². The Kier molecular flexibility index (Phi) is 5.48. The maximum atomic E-state index is 13.0. The minimum atomic E-state index is -0.843. The molecule has 0 aliphatic heterocycles. The van der Waals surface area contributed by atoms with Gasteiger partial charge >= 0.3 is 0 Å². The third kappa shape index (κ3) is 5.50. The number of amides is 2. The summed E-state index contributed by atoms with van der Waals surface area (Å²) >= 11 is 0. The van der Waals surface area contributed by atoms with Gasteiger partial charge in [0.1, 0.15) is 11.9 Å². The Balaban J connectivity index is 2.68. The number of hydrogen-bond acceptors (Lipinski definition) is 2. The monoisotopic (exact) mass is 265 g/mol. The highest BCUT2D eigenvalue weighted by Gasteiger charge is 2.19. The molecule has 1 radical (unpaired) electrons. The molecule has 3 N–H and O–H groups in total. The molecule has 1 rings (SSSR count). The fourth-order valence-electron chi connectivity index (χ4n) is 1.64. The summed E-state index contributed by atoms with van der Waals surface area (Å²) in [6.45, 7) is 3.71. The highest BCUT2D eigenvalue weighted by Crippen LogP contribution is 2.07. The highest BCUT2D eigenvalue weighted by molar-refractivity contribution is 5.90. The molecule has 0 unspecified atom stereocenters. The number of halogens is 1. The van der Waals surface area contributed by atoms with Gasteiger partial charge in [-0.05, 0) is 23.6 Å². The number of nitrogens with two attached hydrogens (primary N) is 1. The summed E-state index contributed by atoms with van der Waals surface area (Å²) in [5.74, 6) is -1.31. The largest absolute Gasteiger partial charge is 0.368 e. The van der Waals surface area contributed by atoms with Crippen molar-refractivity contribution < 1.29 is 14.0 Å². The molecule has 0 saturated heterocycles. The molecule has 0 fully saturated rings. The lowest BCUT2D eigenvalue weighted by Crippen LogP contribution is -2.46. The number of nitrogens with one attached hydrogen (secondary N) is 1. The van der Waals surface area contributed by atoms with E-state index in [2.05, 4.69) is 5.32 Å². The normalized spacial score (nSPS) is 12.2. The Morgan fingerprint density at radius 2 is 2.11 bits per heavy atom. The van der Waals surface area contributed by atoms with Crippen LogP contribution >= 0.6 is 0 Å². The van der Waals surface area contributed by atoms with E-state index >= 15 is 0 Å². The van der Waals surface area contributed by atoms with Gasteiger partial charge < -0.3 is 11.1 Å². The molecule has 0 aliphatic rings. The molecule has 0 aliphatic carbocycles. The first-order valence-corrected chi connectivity index (χ1v) is 6.07. The summed E-state index contributed by atoms with van der Waals surface area (Å²) < 4.78 is 13.0. The fraction of sp³-hybridized carbons (Fsp3) is 0.357. The van der Waals surface area contributed by atoms with E-state index in [9.17, 15) is 14.0 Å². The Labute approximate surface area is 112 Å². The average Bonchev–Trinajstić information content (AvgIpc) is 2.26. The van der Waals surface area contributed by atoms with Crippen LogP contribution in [-0.4, -0.2) is 17.9 Å². The number of primary amides is 1. The first kappa shape index (κ1) is 15.1. The number of hydrogen-bond donors (Lipinski definition) is 2. The van der Waals surface area contributed by atoms with Crippen LogP contribution in [0, 0.1) is 18.2 Å². The van der Waals surface area contributed by atoms with Crippen LogP contribution in [0.5, 0.6) is 0 Å². The van der Waals surface area contributed by atoms with Crippen molar-refractivity contribution in [1.29, 1.82) is 0 Å². The highest BCUT2D eigenvalue weighted by atomic mass is 19.1. The summed E-state index contributed by atoms with van der Waals surface area (Å²) in [5, 5.41) is 2.52. The number of carbonyl (C=O) groups excluding carboxylic acids is 2. The van der Waals surface area contributed by atoms with Crippen molar-refractivity contribution in [2.45, 2.75) is 26.3 Å². The van der Waals surface area contributed by atoms with Crippen molar-refractivity contribution >= 4 is 11.8 Å². The molecule has 0 saturated carbocycles. The van der Waals surface area contributed by atoms with Crippen molar-refractivity contribution in [3.05, 3.63) is 42.1 Å².